The van der Waals surface area contributed by atoms with E-state index in [9.17, 15) is 9.59 Å². The van der Waals surface area contributed by atoms with Gasteiger partial charge in [-0.25, -0.2) is 0 Å². The second kappa shape index (κ2) is 8.82. The van der Waals surface area contributed by atoms with Crippen molar-refractivity contribution in [3.8, 4) is 11.5 Å². The Hall–Kier alpha value is -2.96. The summed E-state index contributed by atoms with van der Waals surface area (Å²) in [6.45, 7) is 3.20. The highest BCUT2D eigenvalue weighted by atomic mass is 16.5. The highest BCUT2D eigenvalue weighted by Crippen LogP contribution is 2.28. The van der Waals surface area contributed by atoms with Gasteiger partial charge in [0.15, 0.2) is 11.5 Å². The largest absolute Gasteiger partial charge is 0.493 e. The molecule has 1 saturated heterocycles. The number of furan rings is 1. The first-order valence-corrected chi connectivity index (χ1v) is 9.32. The van der Waals surface area contributed by atoms with E-state index in [0.717, 1.165) is 11.3 Å². The molecule has 1 aliphatic rings. The minimum atomic E-state index is -0.325. The van der Waals surface area contributed by atoms with E-state index in [-0.39, 0.29) is 24.2 Å². The number of nitrogens with zero attached hydrogens (tertiary/aromatic N) is 1. The molecule has 2 aromatic rings. The number of ether oxygens (including phenoxy) is 2. The minimum Gasteiger partial charge on any atom is -0.493 e. The van der Waals surface area contributed by atoms with Crippen LogP contribution in [0.4, 0.5) is 0 Å². The molecule has 1 unspecified atom stereocenters. The quantitative estimate of drug-likeness (QED) is 0.753. The fourth-order valence-electron chi connectivity index (χ4n) is 3.36. The van der Waals surface area contributed by atoms with Crippen LogP contribution in [0.15, 0.2) is 34.7 Å². The minimum absolute atomic E-state index is 0.00877. The van der Waals surface area contributed by atoms with Gasteiger partial charge in [0.2, 0.25) is 11.8 Å². The van der Waals surface area contributed by atoms with Crippen molar-refractivity contribution >= 4 is 11.8 Å². The standard InChI is InChI=1S/C21H26N2O5/c1-14-4-6-17(28-14)12-22-21(25)16-11-20(24)23(13-16)9-8-15-5-7-18(26-2)19(10-15)27-3/h4-7,10,16H,8-9,11-13H2,1-3H3,(H,22,25). The predicted molar refractivity (Wildman–Crippen MR) is 103 cm³/mol. The van der Waals surface area contributed by atoms with Crippen LogP contribution in [0.1, 0.15) is 23.5 Å². The molecule has 0 radical (unpaired) electrons. The Bertz CT molecular complexity index is 845. The summed E-state index contributed by atoms with van der Waals surface area (Å²) >= 11 is 0. The van der Waals surface area contributed by atoms with Gasteiger partial charge in [-0.1, -0.05) is 6.07 Å². The lowest BCUT2D eigenvalue weighted by Gasteiger charge is -2.17. The molecule has 150 valence electrons. The number of carbonyl (C=O) groups is 2. The number of methoxy groups -OCH3 is 2. The molecule has 1 aromatic carbocycles. The van der Waals surface area contributed by atoms with Crippen molar-refractivity contribution in [1.29, 1.82) is 0 Å². The third kappa shape index (κ3) is 4.65. The first kappa shape index (κ1) is 19.8. The number of hydrogen-bond donors (Lipinski definition) is 1. The average molecular weight is 386 g/mol. The molecule has 1 atom stereocenters. The first-order valence-electron chi connectivity index (χ1n) is 9.32. The van der Waals surface area contributed by atoms with E-state index in [2.05, 4.69) is 5.32 Å². The van der Waals surface area contributed by atoms with Gasteiger partial charge in [-0.15, -0.1) is 0 Å². The lowest BCUT2D eigenvalue weighted by Crippen LogP contribution is -2.33. The van der Waals surface area contributed by atoms with Crippen LogP contribution in [0, 0.1) is 12.8 Å². The Balaban J connectivity index is 1.51. The van der Waals surface area contributed by atoms with Crippen LogP contribution in [-0.2, 0) is 22.6 Å². The summed E-state index contributed by atoms with van der Waals surface area (Å²) in [4.78, 5) is 26.4. The van der Waals surface area contributed by atoms with Gasteiger partial charge in [-0.2, -0.15) is 0 Å². The SMILES string of the molecule is COc1ccc(CCN2CC(C(=O)NCc3ccc(C)o3)CC2=O)cc1OC. The first-order chi connectivity index (χ1) is 13.5. The van der Waals surface area contributed by atoms with E-state index >= 15 is 0 Å². The van der Waals surface area contributed by atoms with E-state index in [0.29, 0.717) is 43.3 Å². The van der Waals surface area contributed by atoms with Crippen molar-refractivity contribution in [3.63, 3.8) is 0 Å². The highest BCUT2D eigenvalue weighted by molar-refractivity contribution is 5.89. The van der Waals surface area contributed by atoms with Crippen molar-refractivity contribution in [3.05, 3.63) is 47.4 Å². The molecule has 3 rings (SSSR count). The summed E-state index contributed by atoms with van der Waals surface area (Å²) in [5.41, 5.74) is 1.05. The Labute approximate surface area is 164 Å². The van der Waals surface area contributed by atoms with Crippen LogP contribution in [0.2, 0.25) is 0 Å². The van der Waals surface area contributed by atoms with Crippen molar-refractivity contribution in [1.82, 2.24) is 10.2 Å². The van der Waals surface area contributed by atoms with Crippen LogP contribution >= 0.6 is 0 Å². The topological polar surface area (TPSA) is 81.0 Å². The van der Waals surface area contributed by atoms with E-state index in [4.69, 9.17) is 13.9 Å². The van der Waals surface area contributed by atoms with Crippen LogP contribution in [0.3, 0.4) is 0 Å². The van der Waals surface area contributed by atoms with E-state index in [1.807, 2.05) is 37.3 Å². The maximum atomic E-state index is 12.4. The van der Waals surface area contributed by atoms with E-state index in [1.165, 1.54) is 0 Å². The number of aryl methyl sites for hydroxylation is 1. The molecule has 1 N–H and O–H groups in total. The molecule has 0 aliphatic carbocycles. The molecule has 28 heavy (non-hydrogen) atoms. The van der Waals surface area contributed by atoms with Crippen molar-refractivity contribution < 1.29 is 23.5 Å². The lowest BCUT2D eigenvalue weighted by molar-refractivity contribution is -0.129. The molecule has 2 heterocycles. The second-order valence-electron chi connectivity index (χ2n) is 6.91. The van der Waals surface area contributed by atoms with Crippen molar-refractivity contribution in [2.45, 2.75) is 26.3 Å². The maximum Gasteiger partial charge on any atom is 0.225 e. The summed E-state index contributed by atoms with van der Waals surface area (Å²) in [5.74, 6) is 2.42. The van der Waals surface area contributed by atoms with Crippen LogP contribution in [-0.4, -0.2) is 44.0 Å². The molecular formula is C21H26N2O5. The van der Waals surface area contributed by atoms with Crippen LogP contribution in [0.5, 0.6) is 11.5 Å². The normalized spacial score (nSPS) is 16.3. The zero-order valence-electron chi connectivity index (χ0n) is 16.5. The predicted octanol–water partition coefficient (Wildman–Crippen LogP) is 2.31. The molecule has 0 bridgehead atoms. The van der Waals surface area contributed by atoms with Gasteiger partial charge >= 0.3 is 0 Å². The molecule has 1 fully saturated rings. The fraction of sp³-hybridized carbons (Fsp3) is 0.429. The molecule has 0 saturated carbocycles. The number of hydrogen-bond acceptors (Lipinski definition) is 5. The number of benzene rings is 1. The monoisotopic (exact) mass is 386 g/mol. The highest BCUT2D eigenvalue weighted by Gasteiger charge is 2.33. The van der Waals surface area contributed by atoms with Gasteiger partial charge in [0.05, 0.1) is 26.7 Å². The molecule has 2 amide bonds. The van der Waals surface area contributed by atoms with Gasteiger partial charge in [0, 0.05) is 19.5 Å². The number of nitrogens with one attached hydrogen (secondary N) is 1. The maximum absolute atomic E-state index is 12.4. The summed E-state index contributed by atoms with van der Waals surface area (Å²) in [7, 11) is 3.19. The second-order valence-corrected chi connectivity index (χ2v) is 6.91. The zero-order valence-corrected chi connectivity index (χ0v) is 16.5. The molecule has 7 heteroatoms. The Kier molecular flexibility index (Phi) is 6.23. The van der Waals surface area contributed by atoms with Gasteiger partial charge in [0.25, 0.3) is 0 Å². The summed E-state index contributed by atoms with van der Waals surface area (Å²) in [5, 5.41) is 2.85. The Morgan fingerprint density at radius 3 is 2.68 bits per heavy atom. The number of rotatable bonds is 8. The summed E-state index contributed by atoms with van der Waals surface area (Å²) < 4.78 is 16.0. The van der Waals surface area contributed by atoms with Crippen LogP contribution in [0.25, 0.3) is 0 Å². The number of carbonyl (C=O) groups excluding carboxylic acids is 2. The van der Waals surface area contributed by atoms with Gasteiger partial charge in [0.1, 0.15) is 11.5 Å². The lowest BCUT2D eigenvalue weighted by atomic mass is 10.1. The third-order valence-electron chi connectivity index (χ3n) is 4.94. The Morgan fingerprint density at radius 2 is 2.00 bits per heavy atom. The van der Waals surface area contributed by atoms with E-state index in [1.54, 1.807) is 19.1 Å². The summed E-state index contributed by atoms with van der Waals surface area (Å²) in [6, 6.07) is 9.42. The van der Waals surface area contributed by atoms with Gasteiger partial charge in [-0.05, 0) is 43.2 Å². The molecular weight excluding hydrogens is 360 g/mol. The van der Waals surface area contributed by atoms with Gasteiger partial charge in [-0.3, -0.25) is 9.59 Å². The number of amides is 2. The Morgan fingerprint density at radius 1 is 1.21 bits per heavy atom. The fourth-order valence-corrected chi connectivity index (χ4v) is 3.36. The third-order valence-corrected chi connectivity index (χ3v) is 4.94. The average Bonchev–Trinajstić information content (AvgIpc) is 3.29. The smallest absolute Gasteiger partial charge is 0.225 e. The van der Waals surface area contributed by atoms with E-state index < -0.39 is 0 Å². The van der Waals surface area contributed by atoms with Crippen LogP contribution < -0.4 is 14.8 Å². The molecule has 7 nitrogen and oxygen atoms in total. The molecule has 1 aromatic heterocycles. The van der Waals surface area contributed by atoms with Gasteiger partial charge < -0.3 is 24.1 Å². The molecule has 1 aliphatic heterocycles. The van der Waals surface area contributed by atoms with Crippen molar-refractivity contribution in [2.75, 3.05) is 27.3 Å². The zero-order chi connectivity index (χ0) is 20.1. The molecule has 0 spiro atoms. The number of likely N-dealkylation sites (tertiary alicyclic amines) is 1. The van der Waals surface area contributed by atoms with Crippen molar-refractivity contribution in [2.24, 2.45) is 5.92 Å². The summed E-state index contributed by atoms with van der Waals surface area (Å²) in [6.07, 6.45) is 0.932.